The maximum atomic E-state index is 2.57. The van der Waals surface area contributed by atoms with Crippen molar-refractivity contribution in [3.8, 4) is 11.1 Å². The minimum Gasteiger partial charge on any atom is -0.310 e. The molecule has 0 saturated heterocycles. The summed E-state index contributed by atoms with van der Waals surface area (Å²) in [6.45, 7) is 18.4. The van der Waals surface area contributed by atoms with Gasteiger partial charge in [-0.05, 0) is 165 Å². The number of allylic oxidation sites excluding steroid dienone is 4. The number of benzene rings is 9. The molecular weight excluding hydrogens is 785 g/mol. The summed E-state index contributed by atoms with van der Waals surface area (Å²) in [7, 11) is 0. The zero-order valence-electron chi connectivity index (χ0n) is 39.3. The molecule has 322 valence electrons. The van der Waals surface area contributed by atoms with Gasteiger partial charge in [-0.25, -0.2) is 0 Å². The van der Waals surface area contributed by atoms with Crippen LogP contribution in [0.25, 0.3) is 49.0 Å². The molecule has 1 aliphatic carbocycles. The van der Waals surface area contributed by atoms with E-state index in [9.17, 15) is 0 Å². The SMILES string of the molecule is Cc1cccc(N(c2cc(C3=CC=CCC3)ccc2C(C)C)c2ccc3ccc4c(N(c5cccc(C)c5)c5cc(-c6ccccc6)ccc5C(C)C)cc(C(C)C)c5ccc2c3c54)c1. The molecule has 0 fully saturated rings. The lowest BCUT2D eigenvalue weighted by Gasteiger charge is -2.33. The van der Waals surface area contributed by atoms with Crippen molar-refractivity contribution in [3.63, 3.8) is 0 Å². The average Bonchev–Trinajstić information content (AvgIpc) is 3.32. The van der Waals surface area contributed by atoms with Crippen molar-refractivity contribution >= 4 is 72.0 Å². The maximum Gasteiger partial charge on any atom is 0.0543 e. The van der Waals surface area contributed by atoms with Crippen LogP contribution in [-0.2, 0) is 0 Å². The van der Waals surface area contributed by atoms with Crippen molar-refractivity contribution in [3.05, 3.63) is 209 Å². The molecule has 0 heterocycles. The third kappa shape index (κ3) is 7.69. The Balaban J connectivity index is 1.29. The van der Waals surface area contributed by atoms with Gasteiger partial charge in [-0.15, -0.1) is 0 Å². The fraction of sp³-hybridized carbons (Fsp3) is 0.206. The Morgan fingerprint density at radius 1 is 0.415 bits per heavy atom. The van der Waals surface area contributed by atoms with Crippen LogP contribution in [0.15, 0.2) is 176 Å². The number of hydrogen-bond acceptors (Lipinski definition) is 2. The third-order valence-corrected chi connectivity index (χ3v) is 13.7. The summed E-state index contributed by atoms with van der Waals surface area (Å²) in [4.78, 5) is 5.13. The van der Waals surface area contributed by atoms with E-state index < -0.39 is 0 Å². The summed E-state index contributed by atoms with van der Waals surface area (Å²) in [5.41, 5.74) is 18.8. The summed E-state index contributed by atoms with van der Waals surface area (Å²) in [5.74, 6) is 0.925. The first kappa shape index (κ1) is 42.1. The molecular formula is C63H60N2. The van der Waals surface area contributed by atoms with E-state index >= 15 is 0 Å². The molecule has 0 aliphatic heterocycles. The highest BCUT2D eigenvalue weighted by Gasteiger charge is 2.27. The van der Waals surface area contributed by atoms with Crippen LogP contribution in [0.1, 0.15) is 106 Å². The lowest BCUT2D eigenvalue weighted by Crippen LogP contribution is -2.15. The van der Waals surface area contributed by atoms with Crippen molar-refractivity contribution in [2.75, 3.05) is 9.80 Å². The van der Waals surface area contributed by atoms with Gasteiger partial charge in [0, 0.05) is 22.1 Å². The van der Waals surface area contributed by atoms with E-state index in [-0.39, 0.29) is 0 Å². The minimum atomic E-state index is 0.293. The lowest BCUT2D eigenvalue weighted by atomic mass is 9.86. The molecule has 0 bridgehead atoms. The van der Waals surface area contributed by atoms with Crippen LogP contribution in [0.3, 0.4) is 0 Å². The van der Waals surface area contributed by atoms with Crippen molar-refractivity contribution in [2.24, 2.45) is 0 Å². The van der Waals surface area contributed by atoms with E-state index in [0.29, 0.717) is 17.8 Å². The van der Waals surface area contributed by atoms with E-state index in [1.807, 2.05) is 0 Å². The zero-order chi connectivity index (χ0) is 44.9. The third-order valence-electron chi connectivity index (χ3n) is 13.7. The first-order chi connectivity index (χ1) is 31.5. The molecule has 0 N–H and O–H groups in total. The molecule has 65 heavy (non-hydrogen) atoms. The Bertz CT molecular complexity index is 3270. The van der Waals surface area contributed by atoms with Crippen LogP contribution >= 0.6 is 0 Å². The molecule has 0 amide bonds. The van der Waals surface area contributed by atoms with Gasteiger partial charge >= 0.3 is 0 Å². The van der Waals surface area contributed by atoms with Crippen LogP contribution in [0.4, 0.5) is 34.1 Å². The number of nitrogens with zero attached hydrogens (tertiary/aromatic N) is 2. The van der Waals surface area contributed by atoms with Gasteiger partial charge in [0.15, 0.2) is 0 Å². The highest BCUT2D eigenvalue weighted by atomic mass is 15.2. The molecule has 10 rings (SSSR count). The minimum absolute atomic E-state index is 0.293. The second-order valence-electron chi connectivity index (χ2n) is 19.2. The van der Waals surface area contributed by atoms with Gasteiger partial charge in [0.25, 0.3) is 0 Å². The van der Waals surface area contributed by atoms with Gasteiger partial charge in [0.1, 0.15) is 0 Å². The van der Waals surface area contributed by atoms with E-state index in [2.05, 4.69) is 241 Å². The van der Waals surface area contributed by atoms with Crippen LogP contribution in [0.5, 0.6) is 0 Å². The van der Waals surface area contributed by atoms with E-state index in [1.165, 1.54) is 111 Å². The predicted octanol–water partition coefficient (Wildman–Crippen LogP) is 18.9. The van der Waals surface area contributed by atoms with Crippen LogP contribution in [0.2, 0.25) is 0 Å². The molecule has 9 aromatic rings. The van der Waals surface area contributed by atoms with Crippen molar-refractivity contribution < 1.29 is 0 Å². The van der Waals surface area contributed by atoms with Crippen LogP contribution < -0.4 is 9.80 Å². The molecule has 9 aromatic carbocycles. The quantitative estimate of drug-likeness (QED) is 0.120. The first-order valence-corrected chi connectivity index (χ1v) is 23.7. The Labute approximate surface area is 386 Å². The van der Waals surface area contributed by atoms with Crippen molar-refractivity contribution in [1.29, 1.82) is 0 Å². The Morgan fingerprint density at radius 3 is 1.60 bits per heavy atom. The summed E-state index contributed by atoms with van der Waals surface area (Å²) in [6.07, 6.45) is 8.92. The van der Waals surface area contributed by atoms with Gasteiger partial charge in [-0.1, -0.05) is 169 Å². The number of hydrogen-bond donors (Lipinski definition) is 0. The normalized spacial score (nSPS) is 12.9. The molecule has 2 heteroatoms. The zero-order valence-corrected chi connectivity index (χ0v) is 39.3. The fourth-order valence-electron chi connectivity index (χ4n) is 10.4. The highest BCUT2D eigenvalue weighted by Crippen LogP contribution is 2.51. The van der Waals surface area contributed by atoms with Gasteiger partial charge in [0.2, 0.25) is 0 Å². The summed E-state index contributed by atoms with van der Waals surface area (Å²) in [5, 5.41) is 7.73. The molecule has 0 atom stereocenters. The molecule has 2 nitrogen and oxygen atoms in total. The molecule has 0 saturated carbocycles. The second kappa shape index (κ2) is 17.2. The van der Waals surface area contributed by atoms with Crippen LogP contribution in [0, 0.1) is 13.8 Å². The van der Waals surface area contributed by atoms with Crippen LogP contribution in [-0.4, -0.2) is 0 Å². The van der Waals surface area contributed by atoms with E-state index in [0.717, 1.165) is 18.5 Å². The van der Waals surface area contributed by atoms with Gasteiger partial charge in [-0.2, -0.15) is 0 Å². The second-order valence-corrected chi connectivity index (χ2v) is 19.2. The number of rotatable bonds is 11. The fourth-order valence-corrected chi connectivity index (χ4v) is 10.4. The first-order valence-electron chi connectivity index (χ1n) is 23.7. The van der Waals surface area contributed by atoms with Crippen molar-refractivity contribution in [2.45, 2.75) is 86.0 Å². The summed E-state index contributed by atoms with van der Waals surface area (Å²) in [6, 6.07) is 60.1. The topological polar surface area (TPSA) is 6.48 Å². The predicted molar refractivity (Wildman–Crippen MR) is 283 cm³/mol. The Hall–Kier alpha value is -6.90. The number of anilines is 6. The summed E-state index contributed by atoms with van der Waals surface area (Å²) >= 11 is 0. The smallest absolute Gasteiger partial charge is 0.0543 e. The van der Waals surface area contributed by atoms with E-state index in [4.69, 9.17) is 0 Å². The molecule has 0 spiro atoms. The largest absolute Gasteiger partial charge is 0.310 e. The van der Waals surface area contributed by atoms with Gasteiger partial charge in [-0.3, -0.25) is 0 Å². The summed E-state index contributed by atoms with van der Waals surface area (Å²) < 4.78 is 0. The Morgan fingerprint density at radius 2 is 0.985 bits per heavy atom. The molecule has 1 aliphatic rings. The number of aryl methyl sites for hydroxylation is 2. The maximum absolute atomic E-state index is 2.57. The van der Waals surface area contributed by atoms with Gasteiger partial charge < -0.3 is 9.80 Å². The Kier molecular flexibility index (Phi) is 11.2. The monoisotopic (exact) mass is 844 g/mol. The lowest BCUT2D eigenvalue weighted by molar-refractivity contribution is 0.863. The average molecular weight is 845 g/mol. The molecule has 0 aromatic heterocycles. The van der Waals surface area contributed by atoms with Crippen molar-refractivity contribution in [1.82, 2.24) is 0 Å². The molecule has 0 unspecified atom stereocenters. The van der Waals surface area contributed by atoms with E-state index in [1.54, 1.807) is 0 Å². The highest BCUT2D eigenvalue weighted by molar-refractivity contribution is 6.29. The van der Waals surface area contributed by atoms with Gasteiger partial charge in [0.05, 0.1) is 22.7 Å². The molecule has 0 radical (unpaired) electrons. The standard InChI is InChI=1S/C63H60N2/c1-40(2)52-29-26-48(45-19-11-9-12-20-45)37-59(52)64(50-23-15-17-43(7)35-50)58-34-28-47-25-31-56-61(39-57(42(5)6)54-32-33-55(58)62(47)63(54)56)65(51-24-16-18-44(8)36-51)60-38-49(27-30-53(60)41(3)4)46-21-13-10-14-22-46/h9-11,13-19,21-42H,12,20H2,1-8H3.